The summed E-state index contributed by atoms with van der Waals surface area (Å²) in [5.74, 6) is 0. The van der Waals surface area contributed by atoms with Gasteiger partial charge in [-0.1, -0.05) is 41.5 Å². The van der Waals surface area contributed by atoms with Crippen molar-refractivity contribution in [2.45, 2.75) is 63.7 Å². The molecule has 1 nitrogen and oxygen atoms in total. The van der Waals surface area contributed by atoms with Crippen molar-refractivity contribution < 1.29 is 0 Å². The first-order chi connectivity index (χ1) is 6.10. The van der Waals surface area contributed by atoms with Crippen molar-refractivity contribution in [3.63, 3.8) is 0 Å². The number of hydrogen-bond acceptors (Lipinski definition) is 1. The molecule has 80 valence electrons. The van der Waals surface area contributed by atoms with Gasteiger partial charge in [-0.25, -0.2) is 0 Å². The second-order valence-corrected chi connectivity index (χ2v) is 10.2. The third kappa shape index (κ3) is 10.2. The van der Waals surface area contributed by atoms with Gasteiger partial charge in [0.15, 0.2) is 0 Å². The lowest BCUT2D eigenvalue weighted by Crippen LogP contribution is -2.16. The van der Waals surface area contributed by atoms with E-state index in [0.29, 0.717) is 10.1 Å². The predicted octanol–water partition coefficient (Wildman–Crippen LogP) is 3.69. The Morgan fingerprint density at radius 3 is 1.36 bits per heavy atom. The second-order valence-electron chi connectivity index (χ2n) is 5.81. The molecule has 0 aliphatic heterocycles. The molecule has 0 atom stereocenters. The molecule has 0 spiro atoms. The van der Waals surface area contributed by atoms with Crippen LogP contribution in [-0.2, 0) is 0 Å². The van der Waals surface area contributed by atoms with Gasteiger partial charge >= 0.3 is 0 Å². The lowest BCUT2D eigenvalue weighted by atomic mass is 10.2. The van der Waals surface area contributed by atoms with Gasteiger partial charge in [-0.05, 0) is 22.2 Å². The maximum Gasteiger partial charge on any atom is 0.0510 e. The number of hydrogen-bond donors (Lipinski definition) is 1. The van der Waals surface area contributed by atoms with E-state index in [0.717, 1.165) is 36.8 Å². The monoisotopic (exact) mass is 225 g/mol. The van der Waals surface area contributed by atoms with Crippen LogP contribution in [0.15, 0.2) is 0 Å². The van der Waals surface area contributed by atoms with Crippen LogP contribution < -0.4 is 0 Å². The Morgan fingerprint density at radius 2 is 1.14 bits per heavy atom. The molecule has 0 unspecified atom stereocenters. The highest BCUT2D eigenvalue weighted by Gasteiger charge is 2.15. The minimum atomic E-state index is 0.400. The van der Waals surface area contributed by atoms with E-state index in [-0.39, 0.29) is 0 Å². The zero-order chi connectivity index (χ0) is 11.4. The van der Waals surface area contributed by atoms with Crippen LogP contribution >= 0.6 is 0 Å². The van der Waals surface area contributed by atoms with E-state index >= 15 is 0 Å². The molecule has 0 bridgehead atoms. The van der Waals surface area contributed by atoms with Crippen LogP contribution in [0.25, 0.3) is 0 Å². The van der Waals surface area contributed by atoms with Crippen molar-refractivity contribution in [2.24, 2.45) is 0 Å². The SMILES string of the molecule is CC(C)(C)[Si]CC(=N)C[Si]C(C)(C)C. The van der Waals surface area contributed by atoms with Gasteiger partial charge in [0.05, 0.1) is 19.0 Å². The van der Waals surface area contributed by atoms with Crippen LogP contribution in [0, 0.1) is 5.41 Å². The quantitative estimate of drug-likeness (QED) is 0.557. The summed E-state index contributed by atoms with van der Waals surface area (Å²) < 4.78 is 0. The predicted molar refractivity (Wildman–Crippen MR) is 68.3 cm³/mol. The molecule has 14 heavy (non-hydrogen) atoms. The Bertz CT molecular complexity index is 166. The Hall–Kier alpha value is 0.104. The maximum absolute atomic E-state index is 7.86. The summed E-state index contributed by atoms with van der Waals surface area (Å²) in [6, 6.07) is 2.01. The van der Waals surface area contributed by atoms with Crippen LogP contribution in [0.5, 0.6) is 0 Å². The molecule has 1 N–H and O–H groups in total. The fourth-order valence-corrected chi connectivity index (χ4v) is 2.79. The summed E-state index contributed by atoms with van der Waals surface area (Å²) in [5.41, 5.74) is 0.950. The Morgan fingerprint density at radius 1 is 0.857 bits per heavy atom. The third-order valence-corrected chi connectivity index (χ3v) is 4.99. The first kappa shape index (κ1) is 14.1. The smallest absolute Gasteiger partial charge is 0.0510 e. The maximum atomic E-state index is 7.86. The Labute approximate surface area is 94.2 Å². The molecule has 0 aromatic heterocycles. The first-order valence-corrected chi connectivity index (χ1v) is 7.58. The van der Waals surface area contributed by atoms with E-state index in [4.69, 9.17) is 5.41 Å². The lowest BCUT2D eigenvalue weighted by Gasteiger charge is -2.19. The summed E-state index contributed by atoms with van der Waals surface area (Å²) >= 11 is 0. The van der Waals surface area contributed by atoms with Gasteiger partial charge in [0.2, 0.25) is 0 Å². The van der Waals surface area contributed by atoms with E-state index in [9.17, 15) is 0 Å². The molecular formula is C11H23NSi2. The molecule has 0 fully saturated rings. The average molecular weight is 225 g/mol. The van der Waals surface area contributed by atoms with E-state index in [1.807, 2.05) is 0 Å². The van der Waals surface area contributed by atoms with Gasteiger partial charge in [0.25, 0.3) is 0 Å². The molecule has 0 aliphatic rings. The summed E-state index contributed by atoms with van der Waals surface area (Å²) in [6.45, 7) is 13.5. The molecule has 0 heterocycles. The first-order valence-electron chi connectivity index (χ1n) is 5.16. The molecule has 0 aliphatic carbocycles. The molecule has 0 aromatic rings. The van der Waals surface area contributed by atoms with Crippen LogP contribution in [0.3, 0.4) is 0 Å². The molecule has 3 heteroatoms. The lowest BCUT2D eigenvalue weighted by molar-refractivity contribution is 0.751. The topological polar surface area (TPSA) is 23.9 Å². The van der Waals surface area contributed by atoms with E-state index in [2.05, 4.69) is 41.5 Å². The van der Waals surface area contributed by atoms with Gasteiger partial charge in [-0.15, -0.1) is 0 Å². The van der Waals surface area contributed by atoms with Gasteiger partial charge in [0.1, 0.15) is 0 Å². The number of nitrogens with one attached hydrogen (secondary N) is 1. The molecule has 0 saturated heterocycles. The average Bonchev–Trinajstić information content (AvgIpc) is 1.94. The second kappa shape index (κ2) is 5.26. The Balaban J connectivity index is 3.68. The minimum absolute atomic E-state index is 0.400. The van der Waals surface area contributed by atoms with Gasteiger partial charge in [-0.3, -0.25) is 0 Å². The van der Waals surface area contributed by atoms with E-state index < -0.39 is 0 Å². The zero-order valence-electron chi connectivity index (χ0n) is 10.4. The standard InChI is InChI=1S/C11H23NSi2/c1-10(2,3)13-7-9(12)8-14-11(4,5)6/h12H,7-8H2,1-6H3. The summed E-state index contributed by atoms with van der Waals surface area (Å²) in [5, 5.41) is 8.66. The minimum Gasteiger partial charge on any atom is -0.310 e. The van der Waals surface area contributed by atoms with Crippen LogP contribution in [0.4, 0.5) is 0 Å². The van der Waals surface area contributed by atoms with E-state index in [1.165, 1.54) is 0 Å². The zero-order valence-corrected chi connectivity index (χ0v) is 12.4. The van der Waals surface area contributed by atoms with Gasteiger partial charge in [-0.2, -0.15) is 0 Å². The van der Waals surface area contributed by atoms with Crippen LogP contribution in [0.2, 0.25) is 22.2 Å². The summed E-state index contributed by atoms with van der Waals surface area (Å²) in [7, 11) is 1.79. The fraction of sp³-hybridized carbons (Fsp3) is 0.909. The van der Waals surface area contributed by atoms with Crippen LogP contribution in [0.1, 0.15) is 41.5 Å². The molecule has 4 radical (unpaired) electrons. The molecule has 0 rings (SSSR count). The normalized spacial score (nSPS) is 13.0. The van der Waals surface area contributed by atoms with Crippen molar-refractivity contribution in [1.82, 2.24) is 0 Å². The van der Waals surface area contributed by atoms with Crippen molar-refractivity contribution in [2.75, 3.05) is 0 Å². The highest BCUT2D eigenvalue weighted by atomic mass is 28.2. The van der Waals surface area contributed by atoms with Crippen molar-refractivity contribution in [3.8, 4) is 0 Å². The van der Waals surface area contributed by atoms with Gasteiger partial charge in [0, 0.05) is 5.71 Å². The number of rotatable bonds is 4. The fourth-order valence-electron chi connectivity index (χ4n) is 0.806. The summed E-state index contributed by atoms with van der Waals surface area (Å²) in [6.07, 6.45) is 0. The molecule has 0 amide bonds. The highest BCUT2D eigenvalue weighted by Crippen LogP contribution is 2.24. The largest absolute Gasteiger partial charge is 0.310 e. The van der Waals surface area contributed by atoms with Crippen molar-refractivity contribution in [1.29, 1.82) is 5.41 Å². The molecular weight excluding hydrogens is 202 g/mol. The molecule has 0 saturated carbocycles. The summed E-state index contributed by atoms with van der Waals surface area (Å²) in [4.78, 5) is 0. The Kier molecular flexibility index (Phi) is 5.30. The van der Waals surface area contributed by atoms with Crippen molar-refractivity contribution >= 4 is 24.8 Å². The van der Waals surface area contributed by atoms with E-state index in [1.54, 1.807) is 0 Å². The highest BCUT2D eigenvalue weighted by molar-refractivity contribution is 6.51. The van der Waals surface area contributed by atoms with Crippen LogP contribution in [-0.4, -0.2) is 24.8 Å². The van der Waals surface area contributed by atoms with Crippen molar-refractivity contribution in [3.05, 3.63) is 0 Å². The van der Waals surface area contributed by atoms with Gasteiger partial charge < -0.3 is 5.41 Å². The molecule has 0 aromatic carbocycles. The third-order valence-electron chi connectivity index (χ3n) is 1.66.